The summed E-state index contributed by atoms with van der Waals surface area (Å²) in [6.07, 6.45) is -0.177. The summed E-state index contributed by atoms with van der Waals surface area (Å²) in [6.45, 7) is 4.77. The van der Waals surface area contributed by atoms with Gasteiger partial charge in [0.05, 0.1) is 12.2 Å². The minimum Gasteiger partial charge on any atom is -0.491 e. The number of carbonyl (C=O) groups excluding carboxylic acids is 1. The molecule has 5 nitrogen and oxygen atoms in total. The first-order valence-electron chi connectivity index (χ1n) is 6.89. The first kappa shape index (κ1) is 16.5. The van der Waals surface area contributed by atoms with E-state index in [1.807, 2.05) is 38.1 Å². The molecular formula is C15H24N2O3. The van der Waals surface area contributed by atoms with Gasteiger partial charge in [-0.05, 0) is 38.6 Å². The smallest absolute Gasteiger partial charge is 0.221 e. The molecule has 0 aliphatic carbocycles. The van der Waals surface area contributed by atoms with E-state index in [1.54, 1.807) is 7.05 Å². The van der Waals surface area contributed by atoms with Gasteiger partial charge in [0.15, 0.2) is 0 Å². The maximum atomic E-state index is 11.4. The largest absolute Gasteiger partial charge is 0.491 e. The van der Waals surface area contributed by atoms with Gasteiger partial charge >= 0.3 is 0 Å². The van der Waals surface area contributed by atoms with E-state index in [4.69, 9.17) is 4.74 Å². The highest BCUT2D eigenvalue weighted by Crippen LogP contribution is 2.18. The maximum absolute atomic E-state index is 11.4. The lowest BCUT2D eigenvalue weighted by Crippen LogP contribution is -2.30. The van der Waals surface area contributed by atoms with E-state index in [0.717, 1.165) is 11.3 Å². The average Bonchev–Trinajstić information content (AvgIpc) is 2.42. The summed E-state index contributed by atoms with van der Waals surface area (Å²) in [6, 6.07) is 7.26. The van der Waals surface area contributed by atoms with E-state index in [9.17, 15) is 9.90 Å². The highest BCUT2D eigenvalue weighted by Gasteiger charge is 2.09. The van der Waals surface area contributed by atoms with Crippen molar-refractivity contribution >= 4 is 5.91 Å². The van der Waals surface area contributed by atoms with Gasteiger partial charge in [0, 0.05) is 19.5 Å². The Balaban J connectivity index is 2.43. The number of aliphatic hydroxyl groups is 1. The lowest BCUT2D eigenvalue weighted by atomic mass is 10.1. The summed E-state index contributed by atoms with van der Waals surface area (Å²) < 4.78 is 5.53. The Morgan fingerprint density at radius 2 is 1.95 bits per heavy atom. The highest BCUT2D eigenvalue weighted by atomic mass is 16.5. The first-order chi connectivity index (χ1) is 9.52. The maximum Gasteiger partial charge on any atom is 0.221 e. The van der Waals surface area contributed by atoms with Gasteiger partial charge in [0.1, 0.15) is 5.75 Å². The van der Waals surface area contributed by atoms with Crippen LogP contribution in [0, 0.1) is 0 Å². The van der Waals surface area contributed by atoms with Crippen molar-refractivity contribution in [2.24, 2.45) is 0 Å². The van der Waals surface area contributed by atoms with Crippen molar-refractivity contribution in [3.63, 3.8) is 0 Å². The molecule has 0 bridgehead atoms. The number of rotatable bonds is 8. The molecule has 0 aliphatic rings. The van der Waals surface area contributed by atoms with Gasteiger partial charge in [0.25, 0.3) is 0 Å². The van der Waals surface area contributed by atoms with Crippen LogP contribution >= 0.6 is 0 Å². The summed E-state index contributed by atoms with van der Waals surface area (Å²) in [5.41, 5.74) is 0.759. The fraction of sp³-hybridized carbons (Fsp3) is 0.533. The Labute approximate surface area is 120 Å². The van der Waals surface area contributed by atoms with E-state index in [1.165, 1.54) is 0 Å². The van der Waals surface area contributed by atoms with Crippen molar-refractivity contribution in [1.29, 1.82) is 0 Å². The molecule has 0 aromatic heterocycles. The van der Waals surface area contributed by atoms with Gasteiger partial charge in [-0.25, -0.2) is 0 Å². The zero-order chi connectivity index (χ0) is 15.0. The van der Waals surface area contributed by atoms with Crippen LogP contribution in [0.5, 0.6) is 5.75 Å². The number of hydrogen-bond donors (Lipinski definition) is 3. The van der Waals surface area contributed by atoms with Crippen LogP contribution in [0.15, 0.2) is 24.3 Å². The number of hydrogen-bond acceptors (Lipinski definition) is 4. The molecule has 1 atom stereocenters. The van der Waals surface area contributed by atoms with Crippen LogP contribution in [0.25, 0.3) is 0 Å². The van der Waals surface area contributed by atoms with Crippen LogP contribution in [0.4, 0.5) is 0 Å². The van der Waals surface area contributed by atoms with Crippen molar-refractivity contribution in [3.8, 4) is 5.75 Å². The minimum absolute atomic E-state index is 0.0711. The second-order valence-electron chi connectivity index (χ2n) is 4.91. The van der Waals surface area contributed by atoms with Crippen molar-refractivity contribution in [2.75, 3.05) is 20.1 Å². The van der Waals surface area contributed by atoms with E-state index in [0.29, 0.717) is 13.0 Å². The van der Waals surface area contributed by atoms with Gasteiger partial charge < -0.3 is 20.5 Å². The molecule has 0 radical (unpaired) electrons. The number of amides is 1. The average molecular weight is 280 g/mol. The number of benzene rings is 1. The summed E-state index contributed by atoms with van der Waals surface area (Å²) in [7, 11) is 1.79. The normalized spacial score (nSPS) is 12.2. The Hall–Kier alpha value is -1.59. The van der Waals surface area contributed by atoms with Crippen LogP contribution in [-0.2, 0) is 4.79 Å². The summed E-state index contributed by atoms with van der Waals surface area (Å²) in [4.78, 5) is 11.4. The molecule has 0 saturated carbocycles. The fourth-order valence-electron chi connectivity index (χ4n) is 1.70. The van der Waals surface area contributed by atoms with Gasteiger partial charge in [-0.15, -0.1) is 0 Å². The van der Waals surface area contributed by atoms with E-state index in [-0.39, 0.29) is 18.6 Å². The Kier molecular flexibility index (Phi) is 7.04. The zero-order valence-electron chi connectivity index (χ0n) is 12.3. The number of aliphatic hydroxyl groups excluding tert-OH is 1. The first-order valence-corrected chi connectivity index (χ1v) is 6.89. The third-order valence-electron chi connectivity index (χ3n) is 2.73. The molecule has 1 amide bonds. The lowest BCUT2D eigenvalue weighted by molar-refractivity contribution is -0.121. The van der Waals surface area contributed by atoms with E-state index in [2.05, 4.69) is 10.6 Å². The zero-order valence-corrected chi connectivity index (χ0v) is 12.3. The molecule has 1 aromatic rings. The monoisotopic (exact) mass is 280 g/mol. The number of carbonyl (C=O) groups is 1. The van der Waals surface area contributed by atoms with Crippen molar-refractivity contribution < 1.29 is 14.6 Å². The Bertz CT molecular complexity index is 404. The summed E-state index contributed by atoms with van der Waals surface area (Å²) >= 11 is 0. The lowest BCUT2D eigenvalue weighted by Gasteiger charge is -2.14. The van der Waals surface area contributed by atoms with Crippen molar-refractivity contribution in [1.82, 2.24) is 10.6 Å². The van der Waals surface area contributed by atoms with Gasteiger partial charge in [0.2, 0.25) is 5.91 Å². The molecule has 1 unspecified atom stereocenters. The van der Waals surface area contributed by atoms with Crippen LogP contribution < -0.4 is 15.4 Å². The second kappa shape index (κ2) is 8.55. The predicted octanol–water partition coefficient (Wildman–Crippen LogP) is 1.23. The minimum atomic E-state index is -0.707. The topological polar surface area (TPSA) is 70.6 Å². The molecule has 0 fully saturated rings. The summed E-state index contributed by atoms with van der Waals surface area (Å²) in [5, 5.41) is 15.6. The third-order valence-corrected chi connectivity index (χ3v) is 2.73. The number of nitrogens with one attached hydrogen (secondary N) is 2. The van der Waals surface area contributed by atoms with Crippen LogP contribution in [0.2, 0.25) is 0 Å². The molecule has 0 aliphatic heterocycles. The molecule has 0 saturated heterocycles. The Morgan fingerprint density at radius 3 is 2.50 bits per heavy atom. The molecule has 5 heteroatoms. The molecule has 20 heavy (non-hydrogen) atoms. The predicted molar refractivity (Wildman–Crippen MR) is 78.7 cm³/mol. The fourth-order valence-corrected chi connectivity index (χ4v) is 1.70. The van der Waals surface area contributed by atoms with Gasteiger partial charge in [-0.2, -0.15) is 0 Å². The van der Waals surface area contributed by atoms with Crippen molar-refractivity contribution in [2.45, 2.75) is 32.5 Å². The number of ether oxygens (including phenoxy) is 1. The molecule has 112 valence electrons. The highest BCUT2D eigenvalue weighted by molar-refractivity contribution is 5.76. The molecule has 3 N–H and O–H groups in total. The van der Waals surface area contributed by atoms with Crippen LogP contribution in [0.1, 0.15) is 31.9 Å². The van der Waals surface area contributed by atoms with Gasteiger partial charge in [-0.1, -0.05) is 12.1 Å². The Morgan fingerprint density at radius 1 is 1.30 bits per heavy atom. The van der Waals surface area contributed by atoms with Gasteiger partial charge in [-0.3, -0.25) is 4.79 Å². The quantitative estimate of drug-likeness (QED) is 0.670. The third kappa shape index (κ3) is 6.04. The summed E-state index contributed by atoms with van der Waals surface area (Å²) in [5.74, 6) is 0.701. The van der Waals surface area contributed by atoms with E-state index >= 15 is 0 Å². The molecule has 1 rings (SSSR count). The molecular weight excluding hydrogens is 256 g/mol. The molecule has 0 spiro atoms. The SMILES string of the molecule is CNCCC(=O)NCC(O)c1ccc(OC(C)C)cc1. The van der Waals surface area contributed by atoms with Crippen LogP contribution in [0.3, 0.4) is 0 Å². The van der Waals surface area contributed by atoms with Crippen LogP contribution in [-0.4, -0.2) is 37.3 Å². The second-order valence-corrected chi connectivity index (χ2v) is 4.91. The molecule has 1 aromatic carbocycles. The standard InChI is InChI=1S/C15H24N2O3/c1-11(2)20-13-6-4-12(5-7-13)14(18)10-17-15(19)8-9-16-3/h4-7,11,14,16,18H,8-10H2,1-3H3,(H,17,19). The molecule has 0 heterocycles. The van der Waals surface area contributed by atoms with Crippen molar-refractivity contribution in [3.05, 3.63) is 29.8 Å². The van der Waals surface area contributed by atoms with E-state index < -0.39 is 6.10 Å².